The Morgan fingerprint density at radius 2 is 1.86 bits per heavy atom. The first-order valence-corrected chi connectivity index (χ1v) is 10.7. The topological polar surface area (TPSA) is 71.1 Å². The summed E-state index contributed by atoms with van der Waals surface area (Å²) in [4.78, 5) is 28.6. The van der Waals surface area contributed by atoms with Crippen LogP contribution in [0.5, 0.6) is 0 Å². The first kappa shape index (κ1) is 20.7. The fourth-order valence-corrected chi connectivity index (χ4v) is 4.22. The number of amides is 2. The van der Waals surface area contributed by atoms with Gasteiger partial charge in [0.05, 0.1) is 16.5 Å². The van der Waals surface area contributed by atoms with Gasteiger partial charge in [0.15, 0.2) is 5.13 Å². The van der Waals surface area contributed by atoms with Crippen LogP contribution in [-0.4, -0.2) is 22.6 Å². The highest BCUT2D eigenvalue weighted by Gasteiger charge is 2.11. The first-order chi connectivity index (χ1) is 13.4. The third-order valence-corrected chi connectivity index (χ3v) is 5.82. The minimum absolute atomic E-state index is 0.123. The Balaban J connectivity index is 1.55. The molecule has 0 bridgehead atoms. The molecule has 9 heteroatoms. The van der Waals surface area contributed by atoms with Crippen molar-refractivity contribution in [2.45, 2.75) is 11.8 Å². The zero-order chi connectivity index (χ0) is 20.1. The van der Waals surface area contributed by atoms with Crippen molar-refractivity contribution >= 4 is 68.9 Å². The lowest BCUT2D eigenvalue weighted by atomic mass is 10.2. The molecule has 0 saturated carbocycles. The summed E-state index contributed by atoms with van der Waals surface area (Å²) in [6.45, 7) is 1.46. The minimum atomic E-state index is -0.154. The van der Waals surface area contributed by atoms with Crippen molar-refractivity contribution in [3.63, 3.8) is 0 Å². The van der Waals surface area contributed by atoms with Gasteiger partial charge >= 0.3 is 0 Å². The zero-order valence-corrected chi connectivity index (χ0v) is 17.8. The van der Waals surface area contributed by atoms with E-state index in [0.717, 1.165) is 16.1 Å². The van der Waals surface area contributed by atoms with Crippen LogP contribution in [0.4, 0.5) is 10.8 Å². The van der Waals surface area contributed by atoms with E-state index in [0.29, 0.717) is 20.9 Å². The molecule has 0 spiro atoms. The van der Waals surface area contributed by atoms with Crippen LogP contribution in [0.15, 0.2) is 52.7 Å². The van der Waals surface area contributed by atoms with Gasteiger partial charge in [-0.2, -0.15) is 0 Å². The van der Waals surface area contributed by atoms with Gasteiger partial charge in [0.25, 0.3) is 0 Å². The lowest BCUT2D eigenvalue weighted by Crippen LogP contribution is -2.13. The van der Waals surface area contributed by atoms with Gasteiger partial charge in [-0.25, -0.2) is 4.98 Å². The van der Waals surface area contributed by atoms with Gasteiger partial charge in [-0.05, 0) is 42.5 Å². The monoisotopic (exact) mass is 451 g/mol. The maximum atomic E-state index is 12.2. The Kier molecular flexibility index (Phi) is 6.96. The number of nitrogens with zero attached hydrogens (tertiary/aromatic N) is 1. The average Bonchev–Trinajstić information content (AvgIpc) is 3.08. The maximum Gasteiger partial charge on any atom is 0.236 e. The summed E-state index contributed by atoms with van der Waals surface area (Å²) in [7, 11) is 0. The number of carbonyl (C=O) groups excluding carboxylic acids is 2. The van der Waals surface area contributed by atoms with Crippen LogP contribution in [-0.2, 0) is 9.59 Å². The fourth-order valence-electron chi connectivity index (χ4n) is 2.29. The number of thioether (sulfide) groups is 1. The van der Waals surface area contributed by atoms with Gasteiger partial charge < -0.3 is 10.6 Å². The summed E-state index contributed by atoms with van der Waals surface area (Å²) >= 11 is 14.8. The molecule has 0 atom stereocenters. The van der Waals surface area contributed by atoms with Gasteiger partial charge in [0.2, 0.25) is 11.8 Å². The van der Waals surface area contributed by atoms with Crippen LogP contribution < -0.4 is 10.6 Å². The molecule has 0 aliphatic rings. The van der Waals surface area contributed by atoms with Gasteiger partial charge in [0.1, 0.15) is 0 Å². The maximum absolute atomic E-state index is 12.2. The second kappa shape index (κ2) is 9.43. The summed E-state index contributed by atoms with van der Waals surface area (Å²) in [6.07, 6.45) is 0. The van der Waals surface area contributed by atoms with E-state index in [4.69, 9.17) is 23.2 Å². The lowest BCUT2D eigenvalue weighted by Gasteiger charge is -2.05. The Labute approximate surface area is 180 Å². The molecule has 3 aromatic rings. The quantitative estimate of drug-likeness (QED) is 0.464. The standard InChI is InChI=1S/C19H15Cl2N3O2S2/c1-11(25)22-13-3-5-14(6-4-13)27-10-18(26)24-19-23-17(9-28-19)15-7-2-12(20)8-16(15)21/h2-9H,10H2,1H3,(H,22,25)(H,23,24,26). The van der Waals surface area contributed by atoms with Crippen molar-refractivity contribution in [2.75, 3.05) is 16.4 Å². The average molecular weight is 452 g/mol. The molecule has 0 saturated heterocycles. The molecule has 2 aromatic carbocycles. The molecule has 1 heterocycles. The Hall–Kier alpha value is -2.06. The number of benzene rings is 2. The summed E-state index contributed by atoms with van der Waals surface area (Å²) in [5.41, 5.74) is 2.16. The van der Waals surface area contributed by atoms with Crippen molar-refractivity contribution in [3.8, 4) is 11.3 Å². The van der Waals surface area contributed by atoms with E-state index >= 15 is 0 Å². The SMILES string of the molecule is CC(=O)Nc1ccc(SCC(=O)Nc2nc(-c3ccc(Cl)cc3Cl)cs2)cc1. The summed E-state index contributed by atoms with van der Waals surface area (Å²) in [6, 6.07) is 12.5. The number of anilines is 2. The number of hydrogen-bond donors (Lipinski definition) is 2. The normalized spacial score (nSPS) is 10.5. The smallest absolute Gasteiger partial charge is 0.236 e. The second-order valence-corrected chi connectivity index (χ2v) is 8.45. The highest BCUT2D eigenvalue weighted by atomic mass is 35.5. The third kappa shape index (κ3) is 5.72. The molecule has 0 aliphatic heterocycles. The van der Waals surface area contributed by atoms with E-state index in [2.05, 4.69) is 15.6 Å². The Morgan fingerprint density at radius 1 is 1.11 bits per heavy atom. The van der Waals surface area contributed by atoms with Gasteiger partial charge in [-0.3, -0.25) is 9.59 Å². The van der Waals surface area contributed by atoms with E-state index in [1.165, 1.54) is 30.0 Å². The minimum Gasteiger partial charge on any atom is -0.326 e. The Bertz CT molecular complexity index is 1010. The van der Waals surface area contributed by atoms with Gasteiger partial charge in [0, 0.05) is 33.5 Å². The molecule has 0 fully saturated rings. The van der Waals surface area contributed by atoms with Crippen LogP contribution in [0.1, 0.15) is 6.92 Å². The van der Waals surface area contributed by atoms with Crippen molar-refractivity contribution in [3.05, 3.63) is 57.9 Å². The predicted molar refractivity (Wildman–Crippen MR) is 118 cm³/mol. The van der Waals surface area contributed by atoms with E-state index < -0.39 is 0 Å². The van der Waals surface area contributed by atoms with Crippen LogP contribution in [0.2, 0.25) is 10.0 Å². The van der Waals surface area contributed by atoms with Crippen LogP contribution >= 0.6 is 46.3 Å². The number of nitrogens with one attached hydrogen (secondary N) is 2. The van der Waals surface area contributed by atoms with Crippen molar-refractivity contribution in [1.82, 2.24) is 4.98 Å². The van der Waals surface area contributed by atoms with Crippen LogP contribution in [0.25, 0.3) is 11.3 Å². The molecule has 2 N–H and O–H groups in total. The molecule has 0 radical (unpaired) electrons. The number of carbonyl (C=O) groups is 2. The molecular formula is C19H15Cl2N3O2S2. The van der Waals surface area contributed by atoms with Crippen molar-refractivity contribution in [2.24, 2.45) is 0 Å². The Morgan fingerprint density at radius 3 is 2.54 bits per heavy atom. The predicted octanol–water partition coefficient (Wildman–Crippen LogP) is 5.81. The molecule has 2 amide bonds. The van der Waals surface area contributed by atoms with E-state index in [-0.39, 0.29) is 17.6 Å². The fraction of sp³-hybridized carbons (Fsp3) is 0.105. The van der Waals surface area contributed by atoms with Crippen LogP contribution in [0, 0.1) is 0 Å². The molecule has 3 rings (SSSR count). The number of halogens is 2. The third-order valence-electron chi connectivity index (χ3n) is 3.50. The molecule has 28 heavy (non-hydrogen) atoms. The van der Waals surface area contributed by atoms with Crippen LogP contribution in [0.3, 0.4) is 0 Å². The van der Waals surface area contributed by atoms with Crippen molar-refractivity contribution in [1.29, 1.82) is 0 Å². The number of rotatable bonds is 6. The summed E-state index contributed by atoms with van der Waals surface area (Å²) < 4.78 is 0. The van der Waals surface area contributed by atoms with Gasteiger partial charge in [-0.1, -0.05) is 23.2 Å². The van der Waals surface area contributed by atoms with E-state index in [9.17, 15) is 9.59 Å². The van der Waals surface area contributed by atoms with E-state index in [1.807, 2.05) is 17.5 Å². The first-order valence-electron chi connectivity index (χ1n) is 8.12. The van der Waals surface area contributed by atoms with Gasteiger partial charge in [-0.15, -0.1) is 23.1 Å². The highest BCUT2D eigenvalue weighted by Crippen LogP contribution is 2.32. The summed E-state index contributed by atoms with van der Waals surface area (Å²) in [5.74, 6) is -0.0302. The molecule has 0 aliphatic carbocycles. The molecule has 1 aromatic heterocycles. The van der Waals surface area contributed by atoms with E-state index in [1.54, 1.807) is 30.3 Å². The zero-order valence-electron chi connectivity index (χ0n) is 14.7. The lowest BCUT2D eigenvalue weighted by molar-refractivity contribution is -0.114. The second-order valence-electron chi connectivity index (χ2n) is 5.70. The summed E-state index contributed by atoms with van der Waals surface area (Å²) in [5, 5.41) is 8.90. The number of thiazole rings is 1. The largest absolute Gasteiger partial charge is 0.326 e. The molecule has 144 valence electrons. The molecular weight excluding hydrogens is 437 g/mol. The highest BCUT2D eigenvalue weighted by molar-refractivity contribution is 8.00. The molecule has 5 nitrogen and oxygen atoms in total. The molecule has 0 unspecified atom stereocenters. The number of aromatic nitrogens is 1. The van der Waals surface area contributed by atoms with Crippen molar-refractivity contribution < 1.29 is 9.59 Å². The number of hydrogen-bond acceptors (Lipinski definition) is 5.